The van der Waals surface area contributed by atoms with Crippen molar-refractivity contribution in [3.63, 3.8) is 0 Å². The van der Waals surface area contributed by atoms with Crippen LogP contribution in [0, 0.1) is 13.8 Å². The third-order valence-corrected chi connectivity index (χ3v) is 6.86. The number of benzene rings is 1. The first-order valence-corrected chi connectivity index (χ1v) is 11.7. The number of aryl methyl sites for hydroxylation is 1. The smallest absolute Gasteiger partial charge is 0.253 e. The maximum atomic E-state index is 12.8. The van der Waals surface area contributed by atoms with Crippen molar-refractivity contribution >= 4 is 15.9 Å². The van der Waals surface area contributed by atoms with Crippen LogP contribution in [0.1, 0.15) is 40.0 Å². The monoisotopic (exact) mass is 447 g/mol. The first-order valence-electron chi connectivity index (χ1n) is 10.2. The lowest BCUT2D eigenvalue weighted by atomic mass is 10.1. The van der Waals surface area contributed by atoms with Gasteiger partial charge in [0.25, 0.3) is 5.91 Å². The van der Waals surface area contributed by atoms with Crippen molar-refractivity contribution in [2.24, 2.45) is 0 Å². The fraction of sp³-hybridized carbons (Fsp3) is 0.455. The van der Waals surface area contributed by atoms with Crippen LogP contribution in [0.5, 0.6) is 5.75 Å². The molecule has 0 spiro atoms. The van der Waals surface area contributed by atoms with E-state index < -0.39 is 10.0 Å². The molecule has 2 heterocycles. The quantitative estimate of drug-likeness (QED) is 0.668. The van der Waals surface area contributed by atoms with E-state index in [1.54, 1.807) is 25.3 Å². The second-order valence-corrected chi connectivity index (χ2v) is 9.49. The largest absolute Gasteiger partial charge is 0.496 e. The van der Waals surface area contributed by atoms with Crippen molar-refractivity contribution in [1.29, 1.82) is 0 Å². The van der Waals surface area contributed by atoms with E-state index in [0.717, 1.165) is 35.4 Å². The first kappa shape index (κ1) is 23.2. The minimum atomic E-state index is -3.66. The molecule has 1 N–H and O–H groups in total. The summed E-state index contributed by atoms with van der Waals surface area (Å²) in [6.45, 7) is 5.06. The molecule has 0 radical (unpaired) electrons. The molecule has 2 aromatic rings. The maximum absolute atomic E-state index is 12.8. The molecule has 1 unspecified atom stereocenters. The minimum absolute atomic E-state index is 0.0817. The van der Waals surface area contributed by atoms with Gasteiger partial charge in [-0.05, 0) is 51.0 Å². The van der Waals surface area contributed by atoms with Crippen molar-refractivity contribution in [1.82, 2.24) is 14.6 Å². The number of hydrogen-bond donors (Lipinski definition) is 1. The molecule has 31 heavy (non-hydrogen) atoms. The molecule has 168 valence electrons. The van der Waals surface area contributed by atoms with E-state index in [4.69, 9.17) is 9.47 Å². The molecule has 1 fully saturated rings. The molecule has 1 aromatic carbocycles. The summed E-state index contributed by atoms with van der Waals surface area (Å²) in [7, 11) is -0.361. The molecule has 1 saturated heterocycles. The van der Waals surface area contributed by atoms with Gasteiger partial charge < -0.3 is 14.4 Å². The van der Waals surface area contributed by atoms with Crippen LogP contribution in [0.25, 0.3) is 0 Å². The van der Waals surface area contributed by atoms with Crippen LogP contribution in [0.2, 0.25) is 0 Å². The summed E-state index contributed by atoms with van der Waals surface area (Å²) in [5.74, 6) is 0.535. The summed E-state index contributed by atoms with van der Waals surface area (Å²) in [6.07, 6.45) is 3.44. The standard InChI is InChI=1S/C22H29N3O5S/c1-15-12-23-20(16(2)21(15)29-4)14-25(3)22(26)17-7-9-19(10-8-17)31(27,28)24-13-18-6-5-11-30-18/h7-10,12,18,24H,5-6,11,13-14H2,1-4H3. The molecule has 1 aliphatic rings. The number of rotatable bonds is 8. The van der Waals surface area contributed by atoms with Gasteiger partial charge in [-0.1, -0.05) is 0 Å². The van der Waals surface area contributed by atoms with Gasteiger partial charge in [0.2, 0.25) is 10.0 Å². The molecule has 3 rings (SSSR count). The predicted octanol–water partition coefficient (Wildman–Crippen LogP) is 2.44. The number of nitrogens with zero attached hydrogens (tertiary/aromatic N) is 2. The number of sulfonamides is 1. The number of methoxy groups -OCH3 is 1. The summed E-state index contributed by atoms with van der Waals surface area (Å²) in [5, 5.41) is 0. The Bertz CT molecular complexity index is 1030. The van der Waals surface area contributed by atoms with Gasteiger partial charge in [0.05, 0.1) is 30.3 Å². The van der Waals surface area contributed by atoms with Gasteiger partial charge in [-0.15, -0.1) is 0 Å². The van der Waals surface area contributed by atoms with E-state index in [0.29, 0.717) is 18.7 Å². The Morgan fingerprint density at radius 3 is 2.61 bits per heavy atom. The number of carbonyl (C=O) groups excluding carboxylic acids is 1. The van der Waals surface area contributed by atoms with Crippen molar-refractivity contribution in [2.45, 2.75) is 44.2 Å². The summed E-state index contributed by atoms with van der Waals surface area (Å²) in [4.78, 5) is 18.9. The van der Waals surface area contributed by atoms with Gasteiger partial charge in [0, 0.05) is 43.1 Å². The van der Waals surface area contributed by atoms with E-state index in [9.17, 15) is 13.2 Å². The Labute approximate surface area is 183 Å². The number of hydrogen-bond acceptors (Lipinski definition) is 6. The summed E-state index contributed by atoms with van der Waals surface area (Å²) >= 11 is 0. The van der Waals surface area contributed by atoms with E-state index in [2.05, 4.69) is 9.71 Å². The normalized spacial score (nSPS) is 16.3. The zero-order valence-electron chi connectivity index (χ0n) is 18.3. The van der Waals surface area contributed by atoms with E-state index in [-0.39, 0.29) is 23.5 Å². The van der Waals surface area contributed by atoms with Crippen LogP contribution in [0.4, 0.5) is 0 Å². The Kier molecular flexibility index (Phi) is 7.30. The summed E-state index contributed by atoms with van der Waals surface area (Å²) in [5.41, 5.74) is 2.97. The molecule has 0 saturated carbocycles. The van der Waals surface area contributed by atoms with Crippen molar-refractivity contribution < 1.29 is 22.7 Å². The second-order valence-electron chi connectivity index (χ2n) is 7.72. The zero-order valence-corrected chi connectivity index (χ0v) is 19.2. The highest BCUT2D eigenvalue weighted by Crippen LogP contribution is 2.25. The molecule has 1 aromatic heterocycles. The average Bonchev–Trinajstić information content (AvgIpc) is 3.28. The number of nitrogens with one attached hydrogen (secondary N) is 1. The highest BCUT2D eigenvalue weighted by molar-refractivity contribution is 7.89. The third-order valence-electron chi connectivity index (χ3n) is 5.42. The summed E-state index contributed by atoms with van der Waals surface area (Å²) in [6, 6.07) is 5.93. The highest BCUT2D eigenvalue weighted by atomic mass is 32.2. The number of ether oxygens (including phenoxy) is 2. The number of pyridine rings is 1. The maximum Gasteiger partial charge on any atom is 0.253 e. The molecular weight excluding hydrogens is 418 g/mol. The molecule has 1 atom stereocenters. The van der Waals surface area contributed by atoms with Gasteiger partial charge in [-0.25, -0.2) is 13.1 Å². The summed E-state index contributed by atoms with van der Waals surface area (Å²) < 4.78 is 38.4. The molecule has 9 heteroatoms. The molecule has 0 aliphatic carbocycles. The molecule has 1 amide bonds. The van der Waals surface area contributed by atoms with Crippen molar-refractivity contribution in [2.75, 3.05) is 27.3 Å². The lowest BCUT2D eigenvalue weighted by molar-refractivity contribution is 0.0783. The fourth-order valence-corrected chi connectivity index (χ4v) is 4.68. The zero-order chi connectivity index (χ0) is 22.6. The molecular formula is C22H29N3O5S. The van der Waals surface area contributed by atoms with E-state index in [1.165, 1.54) is 24.3 Å². The van der Waals surface area contributed by atoms with Crippen LogP contribution >= 0.6 is 0 Å². The van der Waals surface area contributed by atoms with Gasteiger partial charge in [0.1, 0.15) is 5.75 Å². The van der Waals surface area contributed by atoms with E-state index in [1.807, 2.05) is 13.8 Å². The van der Waals surface area contributed by atoms with Gasteiger partial charge in [-0.2, -0.15) is 0 Å². The topological polar surface area (TPSA) is 97.8 Å². The van der Waals surface area contributed by atoms with Crippen LogP contribution < -0.4 is 9.46 Å². The first-order chi connectivity index (χ1) is 14.7. The Morgan fingerprint density at radius 2 is 2.00 bits per heavy atom. The minimum Gasteiger partial charge on any atom is -0.496 e. The average molecular weight is 448 g/mol. The van der Waals surface area contributed by atoms with Gasteiger partial charge in [-0.3, -0.25) is 9.78 Å². The van der Waals surface area contributed by atoms with Gasteiger partial charge >= 0.3 is 0 Å². The Hall–Kier alpha value is -2.49. The number of aromatic nitrogens is 1. The van der Waals surface area contributed by atoms with E-state index >= 15 is 0 Å². The fourth-order valence-electron chi connectivity index (χ4n) is 3.62. The lowest BCUT2D eigenvalue weighted by Gasteiger charge is -2.19. The highest BCUT2D eigenvalue weighted by Gasteiger charge is 2.21. The van der Waals surface area contributed by atoms with Crippen molar-refractivity contribution in [3.05, 3.63) is 52.8 Å². The molecule has 8 nitrogen and oxygen atoms in total. The van der Waals surface area contributed by atoms with Crippen LogP contribution in [-0.2, 0) is 21.3 Å². The Balaban J connectivity index is 1.67. The number of amides is 1. The molecule has 0 bridgehead atoms. The van der Waals surface area contributed by atoms with Gasteiger partial charge in [0.15, 0.2) is 0 Å². The van der Waals surface area contributed by atoms with Crippen LogP contribution in [0.15, 0.2) is 35.4 Å². The van der Waals surface area contributed by atoms with Crippen LogP contribution in [0.3, 0.4) is 0 Å². The molecule has 1 aliphatic heterocycles. The predicted molar refractivity (Wildman–Crippen MR) is 117 cm³/mol. The van der Waals surface area contributed by atoms with Crippen LogP contribution in [-0.4, -0.2) is 57.6 Å². The lowest BCUT2D eigenvalue weighted by Crippen LogP contribution is -2.32. The van der Waals surface area contributed by atoms with Crippen molar-refractivity contribution in [3.8, 4) is 5.75 Å². The number of carbonyl (C=O) groups is 1. The third kappa shape index (κ3) is 5.41. The second kappa shape index (κ2) is 9.76. The Morgan fingerprint density at radius 1 is 1.29 bits per heavy atom. The SMILES string of the molecule is COc1c(C)cnc(CN(C)C(=O)c2ccc(S(=O)(=O)NCC3CCCO3)cc2)c1C.